The van der Waals surface area contributed by atoms with Gasteiger partial charge in [-0.15, -0.1) is 0 Å². The minimum absolute atomic E-state index is 0.0523. The first-order valence-electron chi connectivity index (χ1n) is 6.76. The number of nitrogens with zero attached hydrogens (tertiary/aromatic N) is 2. The molecule has 0 bridgehead atoms. The zero-order chi connectivity index (χ0) is 15.9. The van der Waals surface area contributed by atoms with E-state index < -0.39 is 4.92 Å². The van der Waals surface area contributed by atoms with E-state index in [0.717, 1.165) is 19.4 Å². The fourth-order valence-electron chi connectivity index (χ4n) is 1.79. The van der Waals surface area contributed by atoms with Crippen LogP contribution in [0.2, 0.25) is 0 Å². The fraction of sp³-hybridized carbons (Fsp3) is 0.385. The number of hydrazone groups is 1. The second kappa shape index (κ2) is 7.55. The van der Waals surface area contributed by atoms with Crippen LogP contribution in [0.1, 0.15) is 25.3 Å². The smallest absolute Gasteiger partial charge is 0.282 e. The Balaban J connectivity index is 2.04. The van der Waals surface area contributed by atoms with Crippen LogP contribution in [0.4, 0.5) is 5.69 Å². The normalized spacial score (nSPS) is 12.4. The second-order valence-corrected chi connectivity index (χ2v) is 4.91. The maximum absolute atomic E-state index is 11.1. The Hall–Kier alpha value is -2.42. The minimum Gasteiger partial charge on any atom is -0.454 e. The molecular formula is C13H16N4O4S. The zero-order valence-corrected chi connectivity index (χ0v) is 12.8. The van der Waals surface area contributed by atoms with Gasteiger partial charge in [0.25, 0.3) is 5.69 Å². The van der Waals surface area contributed by atoms with Crippen molar-refractivity contribution >= 4 is 29.2 Å². The molecule has 1 aliphatic rings. The van der Waals surface area contributed by atoms with Gasteiger partial charge in [0, 0.05) is 6.54 Å². The summed E-state index contributed by atoms with van der Waals surface area (Å²) in [6.45, 7) is 2.88. The van der Waals surface area contributed by atoms with Gasteiger partial charge in [-0.05, 0) is 24.7 Å². The average Bonchev–Trinajstić information content (AvgIpc) is 2.93. The van der Waals surface area contributed by atoms with Crippen LogP contribution in [0, 0.1) is 10.1 Å². The molecule has 9 heteroatoms. The van der Waals surface area contributed by atoms with Crippen LogP contribution in [0.3, 0.4) is 0 Å². The van der Waals surface area contributed by atoms with Gasteiger partial charge < -0.3 is 14.8 Å². The molecular weight excluding hydrogens is 308 g/mol. The molecule has 0 spiro atoms. The van der Waals surface area contributed by atoms with E-state index in [1.165, 1.54) is 18.3 Å². The number of hydrogen-bond acceptors (Lipinski definition) is 6. The van der Waals surface area contributed by atoms with Crippen LogP contribution < -0.4 is 20.2 Å². The molecule has 0 saturated carbocycles. The quantitative estimate of drug-likeness (QED) is 0.271. The van der Waals surface area contributed by atoms with Crippen LogP contribution in [-0.4, -0.2) is 29.6 Å². The van der Waals surface area contributed by atoms with Crippen molar-refractivity contribution in [2.24, 2.45) is 5.10 Å². The van der Waals surface area contributed by atoms with E-state index in [1.54, 1.807) is 0 Å². The van der Waals surface area contributed by atoms with Crippen molar-refractivity contribution in [3.63, 3.8) is 0 Å². The van der Waals surface area contributed by atoms with Crippen molar-refractivity contribution in [3.05, 3.63) is 27.8 Å². The predicted molar refractivity (Wildman–Crippen MR) is 85.5 cm³/mol. The highest BCUT2D eigenvalue weighted by molar-refractivity contribution is 7.80. The van der Waals surface area contributed by atoms with Gasteiger partial charge in [0.1, 0.15) is 0 Å². The molecule has 0 fully saturated rings. The van der Waals surface area contributed by atoms with Crippen molar-refractivity contribution in [3.8, 4) is 11.5 Å². The summed E-state index contributed by atoms with van der Waals surface area (Å²) >= 11 is 5.03. The van der Waals surface area contributed by atoms with Gasteiger partial charge in [0.15, 0.2) is 16.6 Å². The summed E-state index contributed by atoms with van der Waals surface area (Å²) in [5.41, 5.74) is 2.81. The number of thiocarbonyl (C=S) groups is 1. The van der Waals surface area contributed by atoms with Crippen molar-refractivity contribution < 1.29 is 14.4 Å². The van der Waals surface area contributed by atoms with E-state index in [1.807, 2.05) is 0 Å². The van der Waals surface area contributed by atoms with Crippen LogP contribution in [0.25, 0.3) is 0 Å². The van der Waals surface area contributed by atoms with Crippen LogP contribution in [-0.2, 0) is 0 Å². The highest BCUT2D eigenvalue weighted by Gasteiger charge is 2.22. The number of fused-ring (bicyclic) bond motifs is 1. The molecule has 0 atom stereocenters. The first-order chi connectivity index (χ1) is 10.6. The Morgan fingerprint density at radius 1 is 1.50 bits per heavy atom. The zero-order valence-electron chi connectivity index (χ0n) is 12.0. The number of nitro benzene ring substituents is 1. The Morgan fingerprint density at radius 3 is 2.91 bits per heavy atom. The third-order valence-electron chi connectivity index (χ3n) is 2.90. The molecule has 22 heavy (non-hydrogen) atoms. The first kappa shape index (κ1) is 16.0. The van der Waals surface area contributed by atoms with Gasteiger partial charge in [0.05, 0.1) is 22.8 Å². The highest BCUT2D eigenvalue weighted by Crippen LogP contribution is 2.37. The molecule has 2 N–H and O–H groups in total. The summed E-state index contributed by atoms with van der Waals surface area (Å²) in [5.74, 6) is 0.809. The van der Waals surface area contributed by atoms with E-state index in [-0.39, 0.29) is 12.5 Å². The van der Waals surface area contributed by atoms with E-state index in [9.17, 15) is 10.1 Å². The number of benzene rings is 1. The monoisotopic (exact) mass is 324 g/mol. The molecule has 1 aromatic carbocycles. The molecule has 8 nitrogen and oxygen atoms in total. The van der Waals surface area contributed by atoms with Gasteiger partial charge in [-0.3, -0.25) is 15.5 Å². The summed E-state index contributed by atoms with van der Waals surface area (Å²) in [6.07, 6.45) is 3.38. The maximum atomic E-state index is 11.1. The Morgan fingerprint density at radius 2 is 2.23 bits per heavy atom. The fourth-order valence-corrected chi connectivity index (χ4v) is 1.94. The summed E-state index contributed by atoms with van der Waals surface area (Å²) < 4.78 is 10.3. The maximum Gasteiger partial charge on any atom is 0.282 e. The largest absolute Gasteiger partial charge is 0.454 e. The molecule has 0 amide bonds. The van der Waals surface area contributed by atoms with Crippen LogP contribution in [0.15, 0.2) is 17.2 Å². The second-order valence-electron chi connectivity index (χ2n) is 4.50. The van der Waals surface area contributed by atoms with E-state index in [2.05, 4.69) is 22.8 Å². The number of ether oxygens (including phenoxy) is 2. The van der Waals surface area contributed by atoms with Crippen molar-refractivity contribution in [1.29, 1.82) is 0 Å². The molecule has 2 rings (SSSR count). The molecule has 118 valence electrons. The predicted octanol–water partition coefficient (Wildman–Crippen LogP) is 1.92. The topological polar surface area (TPSA) is 98.0 Å². The Bertz CT molecular complexity index is 606. The summed E-state index contributed by atoms with van der Waals surface area (Å²) in [4.78, 5) is 10.6. The molecule has 1 heterocycles. The van der Waals surface area contributed by atoms with Gasteiger partial charge in [0.2, 0.25) is 6.79 Å². The lowest BCUT2D eigenvalue weighted by atomic mass is 10.1. The molecule has 0 aromatic heterocycles. The van der Waals surface area contributed by atoms with Crippen molar-refractivity contribution in [2.75, 3.05) is 13.3 Å². The number of rotatable bonds is 6. The standard InChI is InChI=1S/C13H16N4O4S/c1-2-3-4-14-13(22)16-15-7-9-5-11-12(21-8-20-11)6-10(9)17(18)19/h5-7H,2-4,8H2,1H3,(H2,14,16,22). The summed E-state index contributed by atoms with van der Waals surface area (Å²) in [7, 11) is 0. The molecule has 0 aliphatic carbocycles. The van der Waals surface area contributed by atoms with Crippen LogP contribution in [0.5, 0.6) is 11.5 Å². The molecule has 1 aliphatic heterocycles. The van der Waals surface area contributed by atoms with E-state index >= 15 is 0 Å². The summed E-state index contributed by atoms with van der Waals surface area (Å²) in [6, 6.07) is 2.83. The number of nitro groups is 1. The average molecular weight is 324 g/mol. The summed E-state index contributed by atoms with van der Waals surface area (Å²) in [5, 5.41) is 18.3. The lowest BCUT2D eigenvalue weighted by Crippen LogP contribution is -2.32. The Labute approximate surface area is 132 Å². The van der Waals surface area contributed by atoms with Crippen molar-refractivity contribution in [1.82, 2.24) is 10.7 Å². The first-order valence-corrected chi connectivity index (χ1v) is 7.17. The Kier molecular flexibility index (Phi) is 5.48. The van der Waals surface area contributed by atoms with Crippen LogP contribution >= 0.6 is 12.2 Å². The minimum atomic E-state index is -0.499. The van der Waals surface area contributed by atoms with Gasteiger partial charge in [-0.1, -0.05) is 13.3 Å². The molecule has 0 saturated heterocycles. The highest BCUT2D eigenvalue weighted by atomic mass is 32.1. The van der Waals surface area contributed by atoms with Gasteiger partial charge in [-0.2, -0.15) is 5.10 Å². The lowest BCUT2D eigenvalue weighted by Gasteiger charge is -2.05. The lowest BCUT2D eigenvalue weighted by molar-refractivity contribution is -0.385. The number of unbranched alkanes of at least 4 members (excludes halogenated alkanes) is 1. The van der Waals surface area contributed by atoms with Gasteiger partial charge >= 0.3 is 0 Å². The molecule has 0 radical (unpaired) electrons. The number of hydrogen-bond donors (Lipinski definition) is 2. The third kappa shape index (κ3) is 4.04. The molecule has 1 aromatic rings. The SMILES string of the molecule is CCCCNC(=S)NN=Cc1cc2c(cc1[N+](=O)[O-])OCO2. The van der Waals surface area contributed by atoms with E-state index in [4.69, 9.17) is 21.7 Å². The third-order valence-corrected chi connectivity index (χ3v) is 3.14. The van der Waals surface area contributed by atoms with E-state index in [0.29, 0.717) is 22.2 Å². The van der Waals surface area contributed by atoms with Crippen molar-refractivity contribution in [2.45, 2.75) is 19.8 Å². The van der Waals surface area contributed by atoms with Gasteiger partial charge in [-0.25, -0.2) is 0 Å². The molecule has 0 unspecified atom stereocenters. The number of nitrogens with one attached hydrogen (secondary N) is 2.